The van der Waals surface area contributed by atoms with Gasteiger partial charge in [0.1, 0.15) is 11.8 Å². The lowest BCUT2D eigenvalue weighted by Gasteiger charge is -2.39. The Morgan fingerprint density at radius 2 is 1.80 bits per heavy atom. The molecule has 1 saturated heterocycles. The molecule has 3 N–H and O–H groups in total. The van der Waals surface area contributed by atoms with Crippen LogP contribution >= 0.6 is 0 Å². The molecule has 1 aliphatic carbocycles. The van der Waals surface area contributed by atoms with E-state index in [0.29, 0.717) is 24.3 Å². The van der Waals surface area contributed by atoms with Crippen LogP contribution in [0.15, 0.2) is 36.4 Å². The lowest BCUT2D eigenvalue weighted by Crippen LogP contribution is -2.54. The number of phenols is 1. The van der Waals surface area contributed by atoms with Gasteiger partial charge >= 0.3 is 5.97 Å². The third-order valence-electron chi connectivity index (χ3n) is 6.70. The van der Waals surface area contributed by atoms with Gasteiger partial charge in [0, 0.05) is 24.5 Å². The fourth-order valence-corrected chi connectivity index (χ4v) is 5.02. The number of rotatable bonds is 5. The largest absolute Gasteiger partial charge is 0.506 e. The van der Waals surface area contributed by atoms with Gasteiger partial charge in [-0.1, -0.05) is 49.6 Å². The second-order valence-corrected chi connectivity index (χ2v) is 8.73. The molecule has 2 fully saturated rings. The zero-order valence-corrected chi connectivity index (χ0v) is 17.2. The second kappa shape index (κ2) is 9.04. The molecule has 6 heteroatoms. The van der Waals surface area contributed by atoms with Crippen molar-refractivity contribution in [3.63, 3.8) is 0 Å². The number of carbonyl (C=O) groups is 2. The summed E-state index contributed by atoms with van der Waals surface area (Å²) in [5.41, 5.74) is 0.227. The number of aromatic hydroxyl groups is 1. The fourth-order valence-electron chi connectivity index (χ4n) is 5.02. The maximum Gasteiger partial charge on any atom is 0.320 e. The predicted molar refractivity (Wildman–Crippen MR) is 116 cm³/mol. The van der Waals surface area contributed by atoms with E-state index in [1.165, 1.54) is 32.1 Å². The van der Waals surface area contributed by atoms with Crippen molar-refractivity contribution in [1.29, 1.82) is 0 Å². The van der Waals surface area contributed by atoms with Crippen LogP contribution in [0.4, 0.5) is 0 Å². The number of likely N-dealkylation sites (tertiary alicyclic amines) is 1. The predicted octanol–water partition coefficient (Wildman–Crippen LogP) is 3.77. The second-order valence-electron chi connectivity index (χ2n) is 8.73. The quantitative estimate of drug-likeness (QED) is 0.698. The highest BCUT2D eigenvalue weighted by Crippen LogP contribution is 2.30. The fraction of sp³-hybridized carbons (Fsp3) is 0.500. The van der Waals surface area contributed by atoms with Gasteiger partial charge < -0.3 is 15.5 Å². The highest BCUT2D eigenvalue weighted by atomic mass is 16.4. The van der Waals surface area contributed by atoms with Crippen molar-refractivity contribution in [2.75, 3.05) is 13.1 Å². The van der Waals surface area contributed by atoms with E-state index in [4.69, 9.17) is 0 Å². The van der Waals surface area contributed by atoms with E-state index in [-0.39, 0.29) is 23.3 Å². The molecule has 1 heterocycles. The first kappa shape index (κ1) is 20.7. The van der Waals surface area contributed by atoms with Crippen molar-refractivity contribution in [3.8, 4) is 5.75 Å². The number of benzene rings is 2. The molecule has 0 bridgehead atoms. The molecule has 2 unspecified atom stereocenters. The molecular weight excluding hydrogens is 380 g/mol. The standard InChI is InChI=1S/C24H30N2O4/c27-22-19-9-5-4-8-17(19)10-11-20(22)23(28)25-18-12-13-26(21(14-18)24(29)30)15-16-6-2-1-3-7-16/h4-5,8-11,16,18,21,27H,1-3,6-7,12-15H2,(H,25,28)(H,29,30). The molecule has 4 rings (SSSR count). The number of carboxylic acids is 1. The van der Waals surface area contributed by atoms with Crippen molar-refractivity contribution in [1.82, 2.24) is 10.2 Å². The van der Waals surface area contributed by atoms with E-state index in [1.54, 1.807) is 12.1 Å². The molecule has 2 atom stereocenters. The number of nitrogens with one attached hydrogen (secondary N) is 1. The Hall–Kier alpha value is -2.60. The van der Waals surface area contributed by atoms with Crippen molar-refractivity contribution in [2.24, 2.45) is 5.92 Å². The molecule has 1 amide bonds. The van der Waals surface area contributed by atoms with Crippen LogP contribution in [0.25, 0.3) is 10.8 Å². The summed E-state index contributed by atoms with van der Waals surface area (Å²) >= 11 is 0. The number of amides is 1. The number of carbonyl (C=O) groups excluding carboxylic acids is 1. The maximum atomic E-state index is 12.8. The van der Waals surface area contributed by atoms with Crippen LogP contribution < -0.4 is 5.32 Å². The smallest absolute Gasteiger partial charge is 0.320 e. The SMILES string of the molecule is O=C(NC1CCN(CC2CCCCC2)C(C(=O)O)C1)c1ccc2ccccc2c1O. The molecule has 0 radical (unpaired) electrons. The summed E-state index contributed by atoms with van der Waals surface area (Å²) in [5.74, 6) is -0.622. The minimum atomic E-state index is -0.821. The summed E-state index contributed by atoms with van der Waals surface area (Å²) in [5, 5.41) is 24.8. The Morgan fingerprint density at radius 3 is 2.57 bits per heavy atom. The monoisotopic (exact) mass is 410 g/mol. The first-order valence-corrected chi connectivity index (χ1v) is 11.0. The summed E-state index contributed by atoms with van der Waals surface area (Å²) in [6, 6.07) is 10.0. The lowest BCUT2D eigenvalue weighted by molar-refractivity contribution is -0.145. The van der Waals surface area contributed by atoms with Gasteiger partial charge in [0.15, 0.2) is 0 Å². The zero-order valence-electron chi connectivity index (χ0n) is 17.2. The van der Waals surface area contributed by atoms with Crippen molar-refractivity contribution in [2.45, 2.75) is 57.0 Å². The van der Waals surface area contributed by atoms with Crippen LogP contribution in [0.3, 0.4) is 0 Å². The molecule has 2 aromatic rings. The van der Waals surface area contributed by atoms with Gasteiger partial charge in [-0.2, -0.15) is 0 Å². The average Bonchev–Trinajstić information content (AvgIpc) is 2.76. The van der Waals surface area contributed by atoms with Crippen molar-refractivity contribution in [3.05, 3.63) is 42.0 Å². The Bertz CT molecular complexity index is 923. The summed E-state index contributed by atoms with van der Waals surface area (Å²) in [6.07, 6.45) is 7.25. The van der Waals surface area contributed by atoms with Crippen molar-refractivity contribution >= 4 is 22.6 Å². The number of phenolic OH excluding ortho intramolecular Hbond substituents is 1. The van der Waals surface area contributed by atoms with Gasteiger partial charge in [-0.25, -0.2) is 0 Å². The summed E-state index contributed by atoms with van der Waals surface area (Å²) in [7, 11) is 0. The van der Waals surface area contributed by atoms with Crippen LogP contribution in [0.2, 0.25) is 0 Å². The molecule has 2 aliphatic rings. The third-order valence-corrected chi connectivity index (χ3v) is 6.70. The third kappa shape index (κ3) is 4.43. The Kier molecular flexibility index (Phi) is 6.23. The average molecular weight is 411 g/mol. The minimum absolute atomic E-state index is 0.0323. The van der Waals surface area contributed by atoms with Crippen LogP contribution in [-0.2, 0) is 4.79 Å². The van der Waals surface area contributed by atoms with Crippen LogP contribution in [0.1, 0.15) is 55.3 Å². The molecule has 160 valence electrons. The molecule has 30 heavy (non-hydrogen) atoms. The van der Waals surface area contributed by atoms with Gasteiger partial charge in [-0.15, -0.1) is 0 Å². The maximum absolute atomic E-state index is 12.8. The number of hydrogen-bond acceptors (Lipinski definition) is 4. The Morgan fingerprint density at radius 1 is 1.03 bits per heavy atom. The summed E-state index contributed by atoms with van der Waals surface area (Å²) in [6.45, 7) is 1.51. The van der Waals surface area contributed by atoms with Gasteiger partial charge in [-0.3, -0.25) is 14.5 Å². The molecule has 1 saturated carbocycles. The Balaban J connectivity index is 1.42. The number of piperidine rings is 1. The van der Waals surface area contributed by atoms with Crippen LogP contribution in [-0.4, -0.2) is 52.2 Å². The van der Waals surface area contributed by atoms with E-state index >= 15 is 0 Å². The van der Waals surface area contributed by atoms with E-state index in [1.807, 2.05) is 24.3 Å². The minimum Gasteiger partial charge on any atom is -0.506 e. The first-order chi connectivity index (χ1) is 14.5. The van der Waals surface area contributed by atoms with Crippen LogP contribution in [0.5, 0.6) is 5.75 Å². The van der Waals surface area contributed by atoms with E-state index in [9.17, 15) is 19.8 Å². The van der Waals surface area contributed by atoms with Crippen LogP contribution in [0, 0.1) is 5.92 Å². The molecule has 2 aromatic carbocycles. The van der Waals surface area contributed by atoms with Gasteiger partial charge in [0.05, 0.1) is 5.56 Å². The molecule has 1 aliphatic heterocycles. The summed E-state index contributed by atoms with van der Waals surface area (Å²) in [4.78, 5) is 26.8. The molecule has 0 spiro atoms. The van der Waals surface area contributed by atoms with Gasteiger partial charge in [0.25, 0.3) is 5.91 Å². The number of carboxylic acid groups (broad SMARTS) is 1. The van der Waals surface area contributed by atoms with E-state index in [0.717, 1.165) is 18.4 Å². The Labute approximate surface area is 176 Å². The van der Waals surface area contributed by atoms with Gasteiger partial charge in [0.2, 0.25) is 0 Å². The van der Waals surface area contributed by atoms with Crippen molar-refractivity contribution < 1.29 is 19.8 Å². The highest BCUT2D eigenvalue weighted by molar-refractivity contribution is 6.03. The highest BCUT2D eigenvalue weighted by Gasteiger charge is 2.35. The van der Waals surface area contributed by atoms with E-state index in [2.05, 4.69) is 10.2 Å². The number of hydrogen-bond donors (Lipinski definition) is 3. The lowest BCUT2D eigenvalue weighted by atomic mass is 9.87. The molecule has 6 nitrogen and oxygen atoms in total. The number of nitrogens with zero attached hydrogens (tertiary/aromatic N) is 1. The normalized spacial score (nSPS) is 23.3. The number of fused-ring (bicyclic) bond motifs is 1. The topological polar surface area (TPSA) is 89.9 Å². The zero-order chi connectivity index (χ0) is 21.1. The first-order valence-electron chi connectivity index (χ1n) is 11.0. The number of aliphatic carboxylic acids is 1. The van der Waals surface area contributed by atoms with Gasteiger partial charge in [-0.05, 0) is 43.1 Å². The summed E-state index contributed by atoms with van der Waals surface area (Å²) < 4.78 is 0. The molecular formula is C24H30N2O4. The van der Waals surface area contributed by atoms with E-state index < -0.39 is 12.0 Å². The molecule has 0 aromatic heterocycles.